The minimum Gasteiger partial charge on any atom is -0.312 e. The van der Waals surface area contributed by atoms with Gasteiger partial charge >= 0.3 is 0 Å². The lowest BCUT2D eigenvalue weighted by Crippen LogP contribution is -2.33. The first-order chi connectivity index (χ1) is 11.5. The fourth-order valence-electron chi connectivity index (χ4n) is 3.42. The molecule has 0 aliphatic carbocycles. The average Bonchev–Trinajstić information content (AvgIpc) is 3.22. The fourth-order valence-corrected chi connectivity index (χ4v) is 4.49. The highest BCUT2D eigenvalue weighted by Gasteiger charge is 2.25. The van der Waals surface area contributed by atoms with E-state index in [9.17, 15) is 13.2 Å². The molecule has 0 spiro atoms. The number of benzene rings is 1. The molecular formula is C17H25N3O3S. The zero-order valence-corrected chi connectivity index (χ0v) is 14.9. The van der Waals surface area contributed by atoms with Crippen molar-refractivity contribution in [2.45, 2.75) is 37.5 Å². The maximum absolute atomic E-state index is 12.5. The lowest BCUT2D eigenvalue weighted by atomic mass is 10.2. The molecule has 6 nitrogen and oxygen atoms in total. The predicted molar refractivity (Wildman–Crippen MR) is 93.7 cm³/mol. The summed E-state index contributed by atoms with van der Waals surface area (Å²) in [6.45, 7) is 5.77. The van der Waals surface area contributed by atoms with Gasteiger partial charge in [-0.1, -0.05) is 6.92 Å². The van der Waals surface area contributed by atoms with Crippen LogP contribution in [0, 0.1) is 0 Å². The number of rotatable bonds is 6. The van der Waals surface area contributed by atoms with E-state index in [4.69, 9.17) is 0 Å². The van der Waals surface area contributed by atoms with Gasteiger partial charge in [-0.15, -0.1) is 0 Å². The van der Waals surface area contributed by atoms with E-state index in [1.165, 1.54) is 12.8 Å². The van der Waals surface area contributed by atoms with Gasteiger partial charge in [0.15, 0.2) is 0 Å². The Morgan fingerprint density at radius 2 is 1.96 bits per heavy atom. The van der Waals surface area contributed by atoms with Crippen molar-refractivity contribution in [3.8, 4) is 0 Å². The van der Waals surface area contributed by atoms with Gasteiger partial charge < -0.3 is 9.80 Å². The van der Waals surface area contributed by atoms with E-state index in [-0.39, 0.29) is 10.8 Å². The molecule has 7 heteroatoms. The summed E-state index contributed by atoms with van der Waals surface area (Å²) in [5, 5.41) is 0. The molecule has 0 atom stereocenters. The molecule has 0 aromatic heterocycles. The van der Waals surface area contributed by atoms with Crippen molar-refractivity contribution < 1.29 is 13.2 Å². The molecule has 0 radical (unpaired) electrons. The van der Waals surface area contributed by atoms with E-state index in [2.05, 4.69) is 9.62 Å². The van der Waals surface area contributed by atoms with Crippen LogP contribution in [0.4, 0.5) is 5.69 Å². The average molecular weight is 351 g/mol. The van der Waals surface area contributed by atoms with Crippen LogP contribution >= 0.6 is 0 Å². The summed E-state index contributed by atoms with van der Waals surface area (Å²) >= 11 is 0. The normalized spacial score (nSPS) is 18.1. The first kappa shape index (κ1) is 17.4. The molecule has 3 rings (SSSR count). The minimum absolute atomic E-state index is 0.0769. The summed E-state index contributed by atoms with van der Waals surface area (Å²) in [6, 6.07) is 5.06. The molecule has 1 saturated heterocycles. The molecule has 24 heavy (non-hydrogen) atoms. The first-order valence-corrected chi connectivity index (χ1v) is 10.1. The van der Waals surface area contributed by atoms with Gasteiger partial charge in [0.25, 0.3) is 0 Å². The summed E-state index contributed by atoms with van der Waals surface area (Å²) in [5.41, 5.74) is 1.78. The van der Waals surface area contributed by atoms with Gasteiger partial charge in [0.05, 0.1) is 4.90 Å². The summed E-state index contributed by atoms with van der Waals surface area (Å²) in [7, 11) is -3.50. The smallest absolute Gasteiger partial charge is 0.240 e. The van der Waals surface area contributed by atoms with Crippen LogP contribution < -0.4 is 9.62 Å². The minimum atomic E-state index is -3.50. The number of anilines is 1. The summed E-state index contributed by atoms with van der Waals surface area (Å²) in [6.07, 6.45) is 3.56. The number of carbonyl (C=O) groups is 1. The van der Waals surface area contributed by atoms with Crippen molar-refractivity contribution in [2.24, 2.45) is 0 Å². The molecule has 1 fully saturated rings. The van der Waals surface area contributed by atoms with Crippen molar-refractivity contribution in [2.75, 3.05) is 37.6 Å². The number of fused-ring (bicyclic) bond motifs is 1. The highest BCUT2D eigenvalue weighted by Crippen LogP contribution is 2.30. The van der Waals surface area contributed by atoms with Crippen LogP contribution in [0.5, 0.6) is 0 Å². The second kappa shape index (κ2) is 7.21. The molecule has 0 unspecified atom stereocenters. The lowest BCUT2D eigenvalue weighted by Gasteiger charge is -2.17. The molecule has 2 aliphatic rings. The third-order valence-electron chi connectivity index (χ3n) is 4.78. The van der Waals surface area contributed by atoms with Crippen molar-refractivity contribution in [3.05, 3.63) is 23.8 Å². The standard InChI is InChI=1S/C17H25N3O3S/c1-2-17(21)20-11-7-14-13-15(5-6-16(14)20)24(22,23)18-8-12-19-9-3-4-10-19/h5-6,13,18H,2-4,7-12H2,1H3. The van der Waals surface area contributed by atoms with Crippen LogP contribution in [-0.2, 0) is 21.2 Å². The van der Waals surface area contributed by atoms with E-state index < -0.39 is 10.0 Å². The molecule has 1 aromatic rings. The number of hydrogen-bond donors (Lipinski definition) is 1. The van der Waals surface area contributed by atoms with Crippen LogP contribution in [0.3, 0.4) is 0 Å². The Balaban J connectivity index is 1.67. The largest absolute Gasteiger partial charge is 0.312 e. The zero-order valence-electron chi connectivity index (χ0n) is 14.1. The summed E-state index contributed by atoms with van der Waals surface area (Å²) < 4.78 is 27.6. The van der Waals surface area contributed by atoms with Crippen LogP contribution in [0.2, 0.25) is 0 Å². The summed E-state index contributed by atoms with van der Waals surface area (Å²) in [4.78, 5) is 16.2. The van der Waals surface area contributed by atoms with Gasteiger partial charge in [-0.2, -0.15) is 0 Å². The van der Waals surface area contributed by atoms with E-state index in [0.717, 1.165) is 30.9 Å². The number of likely N-dealkylation sites (tertiary alicyclic amines) is 1. The molecule has 132 valence electrons. The molecule has 0 bridgehead atoms. The molecule has 1 N–H and O–H groups in total. The second-order valence-electron chi connectivity index (χ2n) is 6.39. The number of hydrogen-bond acceptors (Lipinski definition) is 4. The van der Waals surface area contributed by atoms with Gasteiger partial charge in [0.1, 0.15) is 0 Å². The number of nitrogens with zero attached hydrogens (tertiary/aromatic N) is 2. The first-order valence-electron chi connectivity index (χ1n) is 8.66. The van der Waals surface area contributed by atoms with Crippen molar-refractivity contribution >= 4 is 21.6 Å². The number of sulfonamides is 1. The highest BCUT2D eigenvalue weighted by atomic mass is 32.2. The van der Waals surface area contributed by atoms with Crippen LogP contribution in [0.25, 0.3) is 0 Å². The Bertz CT molecular complexity index is 712. The van der Waals surface area contributed by atoms with Gasteiger partial charge in [0.2, 0.25) is 15.9 Å². The third kappa shape index (κ3) is 3.63. The molecule has 1 aromatic carbocycles. The van der Waals surface area contributed by atoms with E-state index >= 15 is 0 Å². The van der Waals surface area contributed by atoms with Gasteiger partial charge in [-0.3, -0.25) is 4.79 Å². The van der Waals surface area contributed by atoms with E-state index in [1.54, 1.807) is 23.1 Å². The Labute approximate surface area is 143 Å². The molecule has 1 amide bonds. The van der Waals surface area contributed by atoms with Crippen molar-refractivity contribution in [1.29, 1.82) is 0 Å². The molecular weight excluding hydrogens is 326 g/mol. The van der Waals surface area contributed by atoms with Crippen LogP contribution in [0.15, 0.2) is 23.1 Å². The number of carbonyl (C=O) groups excluding carboxylic acids is 1. The second-order valence-corrected chi connectivity index (χ2v) is 8.15. The highest BCUT2D eigenvalue weighted by molar-refractivity contribution is 7.89. The molecule has 2 heterocycles. The Morgan fingerprint density at radius 3 is 2.67 bits per heavy atom. The van der Waals surface area contributed by atoms with E-state index in [0.29, 0.717) is 25.9 Å². The maximum Gasteiger partial charge on any atom is 0.240 e. The number of nitrogens with one attached hydrogen (secondary N) is 1. The third-order valence-corrected chi connectivity index (χ3v) is 6.24. The van der Waals surface area contributed by atoms with Gasteiger partial charge in [0, 0.05) is 31.7 Å². The predicted octanol–water partition coefficient (Wildman–Crippen LogP) is 1.36. The summed E-state index contributed by atoms with van der Waals surface area (Å²) in [5.74, 6) is 0.0769. The van der Waals surface area contributed by atoms with Gasteiger partial charge in [-0.05, 0) is 56.1 Å². The monoisotopic (exact) mass is 351 g/mol. The molecule has 0 saturated carbocycles. The van der Waals surface area contributed by atoms with Crippen molar-refractivity contribution in [3.63, 3.8) is 0 Å². The van der Waals surface area contributed by atoms with Crippen LogP contribution in [0.1, 0.15) is 31.7 Å². The Morgan fingerprint density at radius 1 is 1.21 bits per heavy atom. The Kier molecular flexibility index (Phi) is 5.22. The zero-order chi connectivity index (χ0) is 17.2. The SMILES string of the molecule is CCC(=O)N1CCc2cc(S(=O)(=O)NCCN3CCCC3)ccc21. The fraction of sp³-hybridized carbons (Fsp3) is 0.588. The topological polar surface area (TPSA) is 69.7 Å². The van der Waals surface area contributed by atoms with Gasteiger partial charge in [-0.25, -0.2) is 13.1 Å². The maximum atomic E-state index is 12.5. The van der Waals surface area contributed by atoms with Crippen LogP contribution in [-0.4, -0.2) is 51.9 Å². The molecule has 2 aliphatic heterocycles. The lowest BCUT2D eigenvalue weighted by molar-refractivity contribution is -0.118. The van der Waals surface area contributed by atoms with Crippen molar-refractivity contribution in [1.82, 2.24) is 9.62 Å². The van der Waals surface area contributed by atoms with E-state index in [1.807, 2.05) is 6.92 Å². The quantitative estimate of drug-likeness (QED) is 0.840. The Hall–Kier alpha value is -1.44. The number of amides is 1.